The van der Waals surface area contributed by atoms with E-state index >= 15 is 0 Å². The summed E-state index contributed by atoms with van der Waals surface area (Å²) < 4.78 is 5.29. The zero-order valence-corrected chi connectivity index (χ0v) is 9.20. The first-order valence-corrected chi connectivity index (χ1v) is 5.38. The van der Waals surface area contributed by atoms with Crippen LogP contribution >= 0.6 is 11.8 Å². The van der Waals surface area contributed by atoms with Crippen molar-refractivity contribution in [3.63, 3.8) is 0 Å². The maximum Gasteiger partial charge on any atom is 0.140 e. The summed E-state index contributed by atoms with van der Waals surface area (Å²) in [6.45, 7) is 4.56. The number of pyridine rings is 1. The minimum Gasteiger partial charge on any atom is -0.379 e. The molecule has 0 atom stereocenters. The molecule has 1 N–H and O–H groups in total. The molecule has 0 spiro atoms. The van der Waals surface area contributed by atoms with Crippen LogP contribution in [0.25, 0.3) is 0 Å². The summed E-state index contributed by atoms with van der Waals surface area (Å²) in [5.74, 6) is 0.697. The maximum absolute atomic E-state index is 5.50. The van der Waals surface area contributed by atoms with Gasteiger partial charge in [-0.2, -0.15) is 0 Å². The zero-order valence-electron chi connectivity index (χ0n) is 8.45. The Morgan fingerprint density at radius 1 is 1.47 bits per heavy atom. The van der Waals surface area contributed by atoms with Crippen molar-refractivity contribution in [3.8, 4) is 0 Å². The summed E-state index contributed by atoms with van der Waals surface area (Å²) in [7, 11) is 0. The molecule has 0 aromatic carbocycles. The first-order valence-electron chi connectivity index (χ1n) is 5.00. The van der Waals surface area contributed by atoms with E-state index in [1.54, 1.807) is 6.20 Å². The molecule has 0 bridgehead atoms. The van der Waals surface area contributed by atoms with Crippen molar-refractivity contribution < 1.29 is 4.74 Å². The van der Waals surface area contributed by atoms with Gasteiger partial charge in [0, 0.05) is 37.6 Å². The van der Waals surface area contributed by atoms with Crippen LogP contribution in [0.3, 0.4) is 0 Å². The molecule has 0 saturated carbocycles. The lowest BCUT2D eigenvalue weighted by Gasteiger charge is -2.26. The van der Waals surface area contributed by atoms with Crippen molar-refractivity contribution in [2.75, 3.05) is 31.1 Å². The molecule has 15 heavy (non-hydrogen) atoms. The highest BCUT2D eigenvalue weighted by atomic mass is 35.5. The summed E-state index contributed by atoms with van der Waals surface area (Å²) in [4.78, 5) is 8.95. The quantitative estimate of drug-likeness (QED) is 0.794. The third-order valence-corrected chi connectivity index (χ3v) is 2.62. The summed E-state index contributed by atoms with van der Waals surface area (Å²) >= 11 is 5.50. The molecule has 1 aromatic rings. The van der Waals surface area contributed by atoms with Gasteiger partial charge in [-0.15, -0.1) is 0 Å². The van der Waals surface area contributed by atoms with Crippen LogP contribution in [0.5, 0.6) is 0 Å². The zero-order chi connectivity index (χ0) is 10.5. The molecule has 0 radical (unpaired) electrons. The Kier molecular flexibility index (Phi) is 3.77. The summed E-state index contributed by atoms with van der Waals surface area (Å²) in [5.41, 5.74) is 1.22. The van der Waals surface area contributed by atoms with E-state index in [9.17, 15) is 0 Å². The minimum absolute atomic E-state index is 0.697. The molecule has 0 unspecified atom stereocenters. The highest BCUT2D eigenvalue weighted by Crippen LogP contribution is 2.11. The largest absolute Gasteiger partial charge is 0.379 e. The highest BCUT2D eigenvalue weighted by molar-refractivity contribution is 6.23. The van der Waals surface area contributed by atoms with Crippen LogP contribution in [0.15, 0.2) is 18.3 Å². The number of halogens is 1. The molecule has 2 heterocycles. The Bertz CT molecular complexity index is 315. The number of anilines is 1. The van der Waals surface area contributed by atoms with Gasteiger partial charge in [0.25, 0.3) is 0 Å². The number of aromatic nitrogens is 1. The molecular weight excluding hydrogens is 214 g/mol. The normalized spacial score (nSPS) is 17.7. The third kappa shape index (κ3) is 3.06. The average molecular weight is 228 g/mol. The van der Waals surface area contributed by atoms with Crippen LogP contribution in [0.2, 0.25) is 0 Å². The molecule has 1 fully saturated rings. The molecule has 2 rings (SSSR count). The molecular formula is C10H14ClN3O. The Morgan fingerprint density at radius 3 is 3.00 bits per heavy atom. The second kappa shape index (κ2) is 5.30. The van der Waals surface area contributed by atoms with E-state index in [4.69, 9.17) is 16.5 Å². The van der Waals surface area contributed by atoms with Crippen molar-refractivity contribution in [1.29, 1.82) is 0 Å². The van der Waals surface area contributed by atoms with Crippen LogP contribution in [0.4, 0.5) is 5.82 Å². The van der Waals surface area contributed by atoms with Gasteiger partial charge in [-0.3, -0.25) is 9.74 Å². The summed E-state index contributed by atoms with van der Waals surface area (Å²) in [5, 5.41) is 0. The van der Waals surface area contributed by atoms with Gasteiger partial charge in [0.1, 0.15) is 5.82 Å². The van der Waals surface area contributed by atoms with Crippen LogP contribution < -0.4 is 4.84 Å². The standard InChI is InChI=1S/C10H14ClN3O/c11-13-10-7-9(1-2-12-10)8-14-3-5-15-6-4-14/h1-2,7H,3-6,8H2,(H,12,13). The van der Waals surface area contributed by atoms with Gasteiger partial charge in [0.05, 0.1) is 13.2 Å². The van der Waals surface area contributed by atoms with Crippen molar-refractivity contribution in [2.45, 2.75) is 6.54 Å². The van der Waals surface area contributed by atoms with Crippen LogP contribution in [-0.2, 0) is 11.3 Å². The number of nitrogens with zero attached hydrogens (tertiary/aromatic N) is 2. The Balaban J connectivity index is 1.96. The molecule has 0 aliphatic carbocycles. The summed E-state index contributed by atoms with van der Waals surface area (Å²) in [6.07, 6.45) is 1.76. The minimum atomic E-state index is 0.697. The van der Waals surface area contributed by atoms with E-state index in [2.05, 4.69) is 14.7 Å². The summed E-state index contributed by atoms with van der Waals surface area (Å²) in [6, 6.07) is 3.97. The van der Waals surface area contributed by atoms with E-state index in [1.165, 1.54) is 5.56 Å². The van der Waals surface area contributed by atoms with E-state index in [-0.39, 0.29) is 0 Å². The molecule has 1 aliphatic heterocycles. The fourth-order valence-corrected chi connectivity index (χ4v) is 1.75. The number of morpholine rings is 1. The van der Waals surface area contributed by atoms with E-state index < -0.39 is 0 Å². The fraction of sp³-hybridized carbons (Fsp3) is 0.500. The van der Waals surface area contributed by atoms with Crippen molar-refractivity contribution in [2.24, 2.45) is 0 Å². The number of ether oxygens (including phenoxy) is 1. The van der Waals surface area contributed by atoms with Gasteiger partial charge in [-0.25, -0.2) is 4.98 Å². The predicted molar refractivity (Wildman–Crippen MR) is 59.8 cm³/mol. The van der Waals surface area contributed by atoms with Crippen molar-refractivity contribution >= 4 is 17.6 Å². The van der Waals surface area contributed by atoms with Crippen molar-refractivity contribution in [3.05, 3.63) is 23.9 Å². The number of rotatable bonds is 3. The lowest BCUT2D eigenvalue weighted by atomic mass is 10.2. The van der Waals surface area contributed by atoms with Gasteiger partial charge < -0.3 is 4.74 Å². The van der Waals surface area contributed by atoms with Gasteiger partial charge in [-0.05, 0) is 17.7 Å². The average Bonchev–Trinajstić information content (AvgIpc) is 2.31. The van der Waals surface area contributed by atoms with Gasteiger partial charge in [0.2, 0.25) is 0 Å². The van der Waals surface area contributed by atoms with Crippen LogP contribution in [-0.4, -0.2) is 36.2 Å². The van der Waals surface area contributed by atoms with E-state index in [1.807, 2.05) is 12.1 Å². The smallest absolute Gasteiger partial charge is 0.140 e. The monoisotopic (exact) mass is 227 g/mol. The molecule has 0 amide bonds. The van der Waals surface area contributed by atoms with Crippen LogP contribution in [0, 0.1) is 0 Å². The molecule has 1 saturated heterocycles. The SMILES string of the molecule is ClNc1cc(CN2CCOCC2)ccn1. The molecule has 82 valence electrons. The van der Waals surface area contributed by atoms with E-state index in [0.717, 1.165) is 32.8 Å². The van der Waals surface area contributed by atoms with Gasteiger partial charge in [-0.1, -0.05) is 0 Å². The van der Waals surface area contributed by atoms with Crippen molar-refractivity contribution in [1.82, 2.24) is 9.88 Å². The Morgan fingerprint density at radius 2 is 2.27 bits per heavy atom. The second-order valence-corrected chi connectivity index (χ2v) is 3.72. The van der Waals surface area contributed by atoms with Crippen LogP contribution in [0.1, 0.15) is 5.56 Å². The molecule has 1 aromatic heterocycles. The topological polar surface area (TPSA) is 37.4 Å². The molecule has 1 aliphatic rings. The molecule has 4 nitrogen and oxygen atoms in total. The number of nitrogens with one attached hydrogen (secondary N) is 1. The lowest BCUT2D eigenvalue weighted by molar-refractivity contribution is 0.0342. The first-order chi connectivity index (χ1) is 7.38. The van der Waals surface area contributed by atoms with Gasteiger partial charge in [0.15, 0.2) is 0 Å². The van der Waals surface area contributed by atoms with Gasteiger partial charge >= 0.3 is 0 Å². The Labute approximate surface area is 94.3 Å². The fourth-order valence-electron chi connectivity index (χ4n) is 1.64. The number of hydrogen-bond donors (Lipinski definition) is 1. The molecule has 5 heteroatoms. The number of hydrogen-bond acceptors (Lipinski definition) is 4. The predicted octanol–water partition coefficient (Wildman–Crippen LogP) is 1.48. The third-order valence-electron chi connectivity index (χ3n) is 2.43. The Hall–Kier alpha value is -0.840. The maximum atomic E-state index is 5.50. The highest BCUT2D eigenvalue weighted by Gasteiger charge is 2.10. The van der Waals surface area contributed by atoms with E-state index in [0.29, 0.717) is 5.82 Å². The first kappa shape index (κ1) is 10.7. The lowest BCUT2D eigenvalue weighted by Crippen LogP contribution is -2.35. The second-order valence-electron chi connectivity index (χ2n) is 3.53.